The Kier molecular flexibility index (Phi) is 4.69. The molecule has 3 aromatic rings. The lowest BCUT2D eigenvalue weighted by Gasteiger charge is -2.03. The van der Waals surface area contributed by atoms with E-state index in [1.807, 2.05) is 24.3 Å². The first-order valence-electron chi connectivity index (χ1n) is 7.66. The van der Waals surface area contributed by atoms with Crippen LogP contribution in [0.3, 0.4) is 0 Å². The predicted octanol–water partition coefficient (Wildman–Crippen LogP) is 3.96. The van der Waals surface area contributed by atoms with Gasteiger partial charge in [-0.15, -0.1) is 0 Å². The zero-order valence-corrected chi connectivity index (χ0v) is 13.4. The molecule has 25 heavy (non-hydrogen) atoms. The molecule has 0 saturated carbocycles. The molecule has 0 bridgehead atoms. The number of halogens is 1. The van der Waals surface area contributed by atoms with Crippen LogP contribution in [0.25, 0.3) is 11.4 Å². The van der Waals surface area contributed by atoms with Crippen LogP contribution in [0, 0.1) is 15.9 Å². The number of rotatable bonds is 6. The van der Waals surface area contributed by atoms with Crippen molar-refractivity contribution in [3.05, 3.63) is 69.9 Å². The minimum Gasteiger partial charge on any atom is -0.376 e. The number of anilines is 1. The second-order valence-corrected chi connectivity index (χ2v) is 5.34. The van der Waals surface area contributed by atoms with Gasteiger partial charge in [-0.2, -0.15) is 9.37 Å². The summed E-state index contributed by atoms with van der Waals surface area (Å²) in [5.41, 5.74) is 1.85. The Hall–Kier alpha value is -3.29. The van der Waals surface area contributed by atoms with E-state index in [4.69, 9.17) is 4.52 Å². The highest BCUT2D eigenvalue weighted by Gasteiger charge is 2.15. The van der Waals surface area contributed by atoms with Gasteiger partial charge >= 0.3 is 5.69 Å². The Morgan fingerprint density at radius 1 is 1.24 bits per heavy atom. The Morgan fingerprint density at radius 2 is 2.00 bits per heavy atom. The highest BCUT2D eigenvalue weighted by molar-refractivity contribution is 5.55. The fourth-order valence-corrected chi connectivity index (χ4v) is 2.27. The lowest BCUT2D eigenvalue weighted by Crippen LogP contribution is -2.01. The molecular weight excluding hydrogens is 327 g/mol. The highest BCUT2D eigenvalue weighted by atomic mass is 19.1. The van der Waals surface area contributed by atoms with Crippen molar-refractivity contribution in [3.8, 4) is 11.4 Å². The largest absolute Gasteiger partial charge is 0.376 e. The van der Waals surface area contributed by atoms with E-state index < -0.39 is 16.4 Å². The summed E-state index contributed by atoms with van der Waals surface area (Å²) in [6.07, 6.45) is 0.950. The van der Waals surface area contributed by atoms with Gasteiger partial charge in [-0.3, -0.25) is 10.1 Å². The quantitative estimate of drug-likeness (QED) is 0.538. The summed E-state index contributed by atoms with van der Waals surface area (Å²) >= 11 is 0. The monoisotopic (exact) mass is 342 g/mol. The molecule has 0 atom stereocenters. The molecule has 1 aromatic heterocycles. The SMILES string of the molecule is CCc1ccc(-c2noc(CNc3ccc(F)c([N+](=O)[O-])c3)n2)cc1. The van der Waals surface area contributed by atoms with Crippen molar-refractivity contribution >= 4 is 11.4 Å². The van der Waals surface area contributed by atoms with Gasteiger partial charge in [-0.25, -0.2) is 0 Å². The van der Waals surface area contributed by atoms with Gasteiger partial charge in [0.05, 0.1) is 11.5 Å². The zero-order chi connectivity index (χ0) is 17.8. The number of benzene rings is 2. The van der Waals surface area contributed by atoms with Crippen LogP contribution in [0.5, 0.6) is 0 Å². The molecule has 3 rings (SSSR count). The van der Waals surface area contributed by atoms with Gasteiger partial charge in [0.1, 0.15) is 0 Å². The molecule has 0 aliphatic rings. The molecule has 0 radical (unpaired) electrons. The van der Waals surface area contributed by atoms with Gasteiger partial charge in [0.25, 0.3) is 0 Å². The topological polar surface area (TPSA) is 94.1 Å². The summed E-state index contributed by atoms with van der Waals surface area (Å²) in [5.74, 6) is -0.0998. The molecule has 7 nitrogen and oxygen atoms in total. The van der Waals surface area contributed by atoms with E-state index in [-0.39, 0.29) is 6.54 Å². The standard InChI is InChI=1S/C17H15FN4O3/c1-2-11-3-5-12(6-4-11)17-20-16(25-21-17)10-19-13-7-8-14(18)15(9-13)22(23)24/h3-9,19H,2,10H2,1H3. The smallest absolute Gasteiger partial charge is 0.306 e. The number of nitro benzene ring substituents is 1. The minimum atomic E-state index is -0.883. The maximum Gasteiger partial charge on any atom is 0.306 e. The zero-order valence-electron chi connectivity index (χ0n) is 13.4. The van der Waals surface area contributed by atoms with E-state index >= 15 is 0 Å². The molecule has 2 aromatic carbocycles. The van der Waals surface area contributed by atoms with Crippen LogP contribution in [0.1, 0.15) is 18.4 Å². The van der Waals surface area contributed by atoms with Crippen LogP contribution in [0.15, 0.2) is 47.0 Å². The Labute approximate surface area is 142 Å². The van der Waals surface area contributed by atoms with Gasteiger partial charge in [0.2, 0.25) is 17.5 Å². The van der Waals surface area contributed by atoms with Gasteiger partial charge < -0.3 is 9.84 Å². The number of aryl methyl sites for hydroxylation is 1. The Balaban J connectivity index is 1.69. The van der Waals surface area contributed by atoms with Crippen molar-refractivity contribution in [1.82, 2.24) is 10.1 Å². The van der Waals surface area contributed by atoms with Crippen LogP contribution < -0.4 is 5.32 Å². The second-order valence-electron chi connectivity index (χ2n) is 5.34. The summed E-state index contributed by atoms with van der Waals surface area (Å²) in [5, 5.41) is 17.6. The minimum absolute atomic E-state index is 0.169. The predicted molar refractivity (Wildman–Crippen MR) is 89.5 cm³/mol. The van der Waals surface area contributed by atoms with Gasteiger partial charge in [0, 0.05) is 17.3 Å². The van der Waals surface area contributed by atoms with E-state index in [0.717, 1.165) is 24.1 Å². The van der Waals surface area contributed by atoms with Gasteiger partial charge in [0.15, 0.2) is 0 Å². The molecule has 8 heteroatoms. The molecule has 0 unspecified atom stereocenters. The summed E-state index contributed by atoms with van der Waals surface area (Å²) in [6, 6.07) is 11.4. The van der Waals surface area contributed by atoms with Crippen molar-refractivity contribution in [2.45, 2.75) is 19.9 Å². The fraction of sp³-hybridized carbons (Fsp3) is 0.176. The molecule has 0 aliphatic heterocycles. The third kappa shape index (κ3) is 3.79. The normalized spacial score (nSPS) is 10.6. The molecule has 128 valence electrons. The Morgan fingerprint density at radius 3 is 2.68 bits per heavy atom. The molecular formula is C17H15FN4O3. The lowest BCUT2D eigenvalue weighted by atomic mass is 10.1. The van der Waals surface area contributed by atoms with Gasteiger partial charge in [-0.05, 0) is 24.1 Å². The summed E-state index contributed by atoms with van der Waals surface area (Å²) in [6.45, 7) is 2.25. The van der Waals surface area contributed by atoms with Crippen molar-refractivity contribution < 1.29 is 13.8 Å². The number of hydrogen-bond donors (Lipinski definition) is 1. The number of aromatic nitrogens is 2. The summed E-state index contributed by atoms with van der Waals surface area (Å²) < 4.78 is 18.5. The van der Waals surface area contributed by atoms with Crippen molar-refractivity contribution in [2.75, 3.05) is 5.32 Å². The first kappa shape index (κ1) is 16.6. The maximum atomic E-state index is 13.3. The Bertz CT molecular complexity index is 893. The number of nitrogens with zero attached hydrogens (tertiary/aromatic N) is 3. The molecule has 0 spiro atoms. The average Bonchev–Trinajstić information content (AvgIpc) is 3.10. The van der Waals surface area contributed by atoms with E-state index in [1.165, 1.54) is 11.6 Å². The number of nitrogens with one attached hydrogen (secondary N) is 1. The van der Waals surface area contributed by atoms with Crippen LogP contribution in [-0.4, -0.2) is 15.1 Å². The van der Waals surface area contributed by atoms with Gasteiger partial charge in [-0.1, -0.05) is 36.3 Å². The first-order chi connectivity index (χ1) is 12.1. The van der Waals surface area contributed by atoms with E-state index in [0.29, 0.717) is 17.4 Å². The van der Waals surface area contributed by atoms with Crippen LogP contribution >= 0.6 is 0 Å². The van der Waals surface area contributed by atoms with E-state index in [2.05, 4.69) is 22.4 Å². The number of hydrogen-bond acceptors (Lipinski definition) is 6. The fourth-order valence-electron chi connectivity index (χ4n) is 2.27. The van der Waals surface area contributed by atoms with E-state index in [9.17, 15) is 14.5 Å². The lowest BCUT2D eigenvalue weighted by molar-refractivity contribution is -0.387. The van der Waals surface area contributed by atoms with Crippen molar-refractivity contribution in [2.24, 2.45) is 0 Å². The summed E-state index contributed by atoms with van der Waals surface area (Å²) in [7, 11) is 0. The summed E-state index contributed by atoms with van der Waals surface area (Å²) in [4.78, 5) is 14.3. The van der Waals surface area contributed by atoms with Crippen LogP contribution in [0.4, 0.5) is 15.8 Å². The average molecular weight is 342 g/mol. The molecule has 0 aliphatic carbocycles. The maximum absolute atomic E-state index is 13.3. The molecule has 0 saturated heterocycles. The van der Waals surface area contributed by atoms with E-state index in [1.54, 1.807) is 0 Å². The third-order valence-electron chi connectivity index (χ3n) is 3.68. The molecule has 1 heterocycles. The third-order valence-corrected chi connectivity index (χ3v) is 3.68. The molecule has 0 fully saturated rings. The van der Waals surface area contributed by atoms with Crippen LogP contribution in [-0.2, 0) is 13.0 Å². The van der Waals surface area contributed by atoms with Crippen molar-refractivity contribution in [1.29, 1.82) is 0 Å². The molecule has 0 amide bonds. The highest BCUT2D eigenvalue weighted by Crippen LogP contribution is 2.22. The van der Waals surface area contributed by atoms with Crippen LogP contribution in [0.2, 0.25) is 0 Å². The second kappa shape index (κ2) is 7.08. The molecule has 1 N–H and O–H groups in total. The first-order valence-corrected chi connectivity index (χ1v) is 7.66. The number of nitro groups is 1. The van der Waals surface area contributed by atoms with Crippen molar-refractivity contribution in [3.63, 3.8) is 0 Å².